The zero-order chi connectivity index (χ0) is 23.4. The van der Waals surface area contributed by atoms with Gasteiger partial charge in [-0.1, -0.05) is 41.9 Å². The first-order valence-corrected chi connectivity index (χ1v) is 13.6. The van der Waals surface area contributed by atoms with E-state index >= 15 is 0 Å². The Labute approximate surface area is 193 Å². The number of carbonyl (C=O) groups is 1. The molecule has 0 saturated carbocycles. The Kier molecular flexibility index (Phi) is 7.73. The quantitative estimate of drug-likeness (QED) is 0.629. The fourth-order valence-electron chi connectivity index (χ4n) is 3.18. The third kappa shape index (κ3) is 6.63. The number of sulfone groups is 1. The van der Waals surface area contributed by atoms with E-state index in [1.807, 2.05) is 35.2 Å². The van der Waals surface area contributed by atoms with Gasteiger partial charge in [-0.05, 0) is 29.8 Å². The number of piperazine rings is 1. The summed E-state index contributed by atoms with van der Waals surface area (Å²) in [6.07, 6.45) is 2.63. The number of sulfonamides is 1. The molecule has 3 rings (SSSR count). The standard InChI is InChI=1S/C21H24ClN3O5S2/c1-31(27,28)18-7-8-19(22)20(15-18)23-21(26)16-24-10-12-25(13-11-24)32(29,30)14-9-17-5-3-2-4-6-17/h2-9,14-15H,10-13,16H2,1H3,(H,23,26)/b14-9+. The number of anilines is 1. The van der Waals surface area contributed by atoms with Crippen LogP contribution in [0.1, 0.15) is 5.56 Å². The number of amides is 1. The Hall–Kier alpha value is -2.24. The number of rotatable bonds is 7. The van der Waals surface area contributed by atoms with Crippen molar-refractivity contribution >= 4 is 49.1 Å². The van der Waals surface area contributed by atoms with Gasteiger partial charge in [0.15, 0.2) is 9.84 Å². The van der Waals surface area contributed by atoms with E-state index in [1.54, 1.807) is 6.08 Å². The van der Waals surface area contributed by atoms with E-state index in [4.69, 9.17) is 11.6 Å². The second-order valence-corrected chi connectivity index (χ2v) is 11.6. The van der Waals surface area contributed by atoms with Crippen molar-refractivity contribution in [2.75, 3.05) is 44.3 Å². The summed E-state index contributed by atoms with van der Waals surface area (Å²) in [5.41, 5.74) is 1.01. The number of hydrogen-bond acceptors (Lipinski definition) is 6. The summed E-state index contributed by atoms with van der Waals surface area (Å²) in [6, 6.07) is 13.3. The van der Waals surface area contributed by atoms with Gasteiger partial charge in [0.25, 0.3) is 0 Å². The highest BCUT2D eigenvalue weighted by Gasteiger charge is 2.26. The number of hydrogen-bond donors (Lipinski definition) is 1. The first-order chi connectivity index (χ1) is 15.0. The lowest BCUT2D eigenvalue weighted by atomic mass is 10.2. The number of nitrogens with zero attached hydrogens (tertiary/aromatic N) is 2. The van der Waals surface area contributed by atoms with Gasteiger partial charge in [-0.25, -0.2) is 16.8 Å². The van der Waals surface area contributed by atoms with E-state index < -0.39 is 19.9 Å². The second kappa shape index (κ2) is 10.1. The van der Waals surface area contributed by atoms with Gasteiger partial charge in [0.2, 0.25) is 15.9 Å². The van der Waals surface area contributed by atoms with Gasteiger partial charge in [0, 0.05) is 37.8 Å². The average molecular weight is 498 g/mol. The van der Waals surface area contributed by atoms with Crippen LogP contribution >= 0.6 is 11.6 Å². The molecule has 0 radical (unpaired) electrons. The van der Waals surface area contributed by atoms with Crippen LogP contribution in [-0.2, 0) is 24.7 Å². The molecule has 1 saturated heterocycles. The van der Waals surface area contributed by atoms with Gasteiger partial charge in [-0.2, -0.15) is 4.31 Å². The zero-order valence-electron chi connectivity index (χ0n) is 17.4. The normalized spacial score (nSPS) is 16.3. The van der Waals surface area contributed by atoms with Crippen molar-refractivity contribution < 1.29 is 21.6 Å². The Bertz CT molecular complexity index is 1210. The van der Waals surface area contributed by atoms with Crippen molar-refractivity contribution in [2.45, 2.75) is 4.90 Å². The minimum absolute atomic E-state index is 0.0349. The van der Waals surface area contributed by atoms with Crippen molar-refractivity contribution in [3.63, 3.8) is 0 Å². The van der Waals surface area contributed by atoms with Gasteiger partial charge < -0.3 is 5.32 Å². The molecule has 2 aromatic carbocycles. The third-order valence-corrected chi connectivity index (χ3v) is 7.94. The van der Waals surface area contributed by atoms with Crippen LogP contribution in [0.2, 0.25) is 5.02 Å². The summed E-state index contributed by atoms with van der Waals surface area (Å²) < 4.78 is 49.9. The van der Waals surface area contributed by atoms with E-state index in [-0.39, 0.29) is 41.1 Å². The largest absolute Gasteiger partial charge is 0.324 e. The maximum atomic E-state index is 12.6. The van der Waals surface area contributed by atoms with Crippen LogP contribution < -0.4 is 5.32 Å². The minimum Gasteiger partial charge on any atom is -0.324 e. The molecular weight excluding hydrogens is 474 g/mol. The Balaban J connectivity index is 1.55. The predicted molar refractivity (Wildman–Crippen MR) is 126 cm³/mol. The van der Waals surface area contributed by atoms with Crippen molar-refractivity contribution in [1.82, 2.24) is 9.21 Å². The number of benzene rings is 2. The molecule has 0 atom stereocenters. The molecule has 1 N–H and O–H groups in total. The average Bonchev–Trinajstić information content (AvgIpc) is 2.74. The number of halogens is 1. The molecule has 1 amide bonds. The molecule has 0 spiro atoms. The van der Waals surface area contributed by atoms with E-state index in [0.29, 0.717) is 13.1 Å². The monoisotopic (exact) mass is 497 g/mol. The van der Waals surface area contributed by atoms with Crippen LogP contribution in [0.25, 0.3) is 6.08 Å². The molecule has 1 aliphatic rings. The summed E-state index contributed by atoms with van der Waals surface area (Å²) in [6.45, 7) is 1.34. The summed E-state index contributed by atoms with van der Waals surface area (Å²) >= 11 is 6.07. The molecule has 1 aliphatic heterocycles. The lowest BCUT2D eigenvalue weighted by Crippen LogP contribution is -2.49. The fourth-order valence-corrected chi connectivity index (χ4v) is 5.17. The lowest BCUT2D eigenvalue weighted by Gasteiger charge is -2.32. The van der Waals surface area contributed by atoms with Crippen molar-refractivity contribution in [3.8, 4) is 0 Å². The minimum atomic E-state index is -3.56. The highest BCUT2D eigenvalue weighted by Crippen LogP contribution is 2.25. The van der Waals surface area contributed by atoms with Gasteiger partial charge in [-0.3, -0.25) is 9.69 Å². The summed E-state index contributed by atoms with van der Waals surface area (Å²) in [5.74, 6) is -0.363. The molecule has 0 aromatic heterocycles. The van der Waals surface area contributed by atoms with Crippen LogP contribution in [-0.4, -0.2) is 70.9 Å². The molecule has 32 heavy (non-hydrogen) atoms. The van der Waals surface area contributed by atoms with E-state index in [9.17, 15) is 21.6 Å². The molecular formula is C21H24ClN3O5S2. The topological polar surface area (TPSA) is 104 Å². The van der Waals surface area contributed by atoms with Gasteiger partial charge in [-0.15, -0.1) is 0 Å². The Morgan fingerprint density at radius 3 is 2.31 bits per heavy atom. The summed E-state index contributed by atoms with van der Waals surface area (Å²) in [4.78, 5) is 14.3. The van der Waals surface area contributed by atoms with Crippen LogP contribution in [0.15, 0.2) is 58.8 Å². The van der Waals surface area contributed by atoms with Crippen LogP contribution in [0.3, 0.4) is 0 Å². The maximum Gasteiger partial charge on any atom is 0.238 e. The molecule has 0 bridgehead atoms. The second-order valence-electron chi connectivity index (χ2n) is 7.40. The van der Waals surface area contributed by atoms with E-state index in [2.05, 4.69) is 5.32 Å². The van der Waals surface area contributed by atoms with Gasteiger partial charge in [0.05, 0.1) is 22.2 Å². The van der Waals surface area contributed by atoms with Crippen LogP contribution in [0.5, 0.6) is 0 Å². The van der Waals surface area contributed by atoms with E-state index in [0.717, 1.165) is 11.8 Å². The molecule has 1 heterocycles. The smallest absolute Gasteiger partial charge is 0.238 e. The molecule has 2 aromatic rings. The molecule has 0 unspecified atom stereocenters. The maximum absolute atomic E-state index is 12.6. The lowest BCUT2D eigenvalue weighted by molar-refractivity contribution is -0.117. The highest BCUT2D eigenvalue weighted by molar-refractivity contribution is 7.92. The van der Waals surface area contributed by atoms with Crippen LogP contribution in [0.4, 0.5) is 5.69 Å². The first kappa shape index (κ1) is 24.4. The van der Waals surface area contributed by atoms with Gasteiger partial charge in [0.1, 0.15) is 0 Å². The molecule has 1 fully saturated rings. The molecule has 172 valence electrons. The fraction of sp³-hybridized carbons (Fsp3) is 0.286. The molecule has 8 nitrogen and oxygen atoms in total. The number of nitrogens with one attached hydrogen (secondary N) is 1. The Morgan fingerprint density at radius 2 is 1.69 bits per heavy atom. The van der Waals surface area contributed by atoms with Crippen LogP contribution in [0, 0.1) is 0 Å². The summed E-state index contributed by atoms with van der Waals surface area (Å²) in [5, 5.41) is 4.05. The molecule has 11 heteroatoms. The zero-order valence-corrected chi connectivity index (χ0v) is 19.8. The molecule has 0 aliphatic carbocycles. The number of carbonyl (C=O) groups excluding carboxylic acids is 1. The first-order valence-electron chi connectivity index (χ1n) is 9.80. The summed E-state index contributed by atoms with van der Waals surface area (Å²) in [7, 11) is -6.99. The van der Waals surface area contributed by atoms with E-state index in [1.165, 1.54) is 27.9 Å². The van der Waals surface area contributed by atoms with Crippen molar-refractivity contribution in [1.29, 1.82) is 0 Å². The third-order valence-electron chi connectivity index (χ3n) is 4.93. The Morgan fingerprint density at radius 1 is 1.03 bits per heavy atom. The van der Waals surface area contributed by atoms with Gasteiger partial charge >= 0.3 is 0 Å². The SMILES string of the molecule is CS(=O)(=O)c1ccc(Cl)c(NC(=O)CN2CCN(S(=O)(=O)/C=C/c3ccccc3)CC2)c1. The predicted octanol–water partition coefficient (Wildman–Crippen LogP) is 2.30. The van der Waals surface area contributed by atoms with Crippen molar-refractivity contribution in [3.05, 3.63) is 64.5 Å². The van der Waals surface area contributed by atoms with Crippen molar-refractivity contribution in [2.24, 2.45) is 0 Å². The highest BCUT2D eigenvalue weighted by atomic mass is 35.5.